The van der Waals surface area contributed by atoms with Crippen LogP contribution in [0.3, 0.4) is 0 Å². The largest absolute Gasteiger partial charge is 0.425 e. The Morgan fingerprint density at radius 1 is 1.31 bits per heavy atom. The molecule has 2 aromatic rings. The van der Waals surface area contributed by atoms with E-state index in [0.29, 0.717) is 50.1 Å². The van der Waals surface area contributed by atoms with Crippen LogP contribution in [0, 0.1) is 13.8 Å². The van der Waals surface area contributed by atoms with Crippen LogP contribution in [0.4, 0.5) is 0 Å². The number of morpholine rings is 1. The van der Waals surface area contributed by atoms with Gasteiger partial charge in [0.2, 0.25) is 17.7 Å². The molecule has 1 amide bonds. The van der Waals surface area contributed by atoms with Crippen LogP contribution in [-0.4, -0.2) is 50.7 Å². The van der Waals surface area contributed by atoms with E-state index in [1.807, 2.05) is 38.7 Å². The lowest BCUT2D eigenvalue weighted by molar-refractivity contribution is -0.139. The van der Waals surface area contributed by atoms with Gasteiger partial charge in [-0.15, -0.1) is 10.2 Å². The molecule has 0 aliphatic carbocycles. The predicted molar refractivity (Wildman–Crippen MR) is 93.5 cm³/mol. The Kier molecular flexibility index (Phi) is 5.61. The van der Waals surface area contributed by atoms with Gasteiger partial charge in [-0.05, 0) is 19.9 Å². The van der Waals surface area contributed by atoms with Crippen molar-refractivity contribution < 1.29 is 13.9 Å². The lowest BCUT2D eigenvalue weighted by Crippen LogP contribution is -2.42. The van der Waals surface area contributed by atoms with Crippen molar-refractivity contribution in [3.63, 3.8) is 0 Å². The molecule has 1 aliphatic heterocycles. The Hall–Kier alpha value is -2.35. The highest BCUT2D eigenvalue weighted by Crippen LogP contribution is 2.22. The van der Waals surface area contributed by atoms with Crippen LogP contribution in [0.25, 0.3) is 0 Å². The number of amides is 1. The Morgan fingerprint density at radius 3 is 2.81 bits per heavy atom. The number of hydrogen-bond acceptors (Lipinski definition) is 7. The summed E-state index contributed by atoms with van der Waals surface area (Å²) in [5.41, 5.74) is 1.72. The molecule has 8 nitrogen and oxygen atoms in total. The fourth-order valence-electron chi connectivity index (χ4n) is 2.94. The van der Waals surface area contributed by atoms with Crippen molar-refractivity contribution >= 4 is 5.91 Å². The van der Waals surface area contributed by atoms with Crippen molar-refractivity contribution in [3.8, 4) is 0 Å². The number of rotatable bonds is 5. The minimum atomic E-state index is -0.218. The second-order valence-electron chi connectivity index (χ2n) is 6.87. The Morgan fingerprint density at radius 2 is 2.12 bits per heavy atom. The number of carbonyl (C=O) groups is 1. The van der Waals surface area contributed by atoms with Crippen molar-refractivity contribution in [1.82, 2.24) is 25.1 Å². The van der Waals surface area contributed by atoms with Crippen molar-refractivity contribution in [1.29, 1.82) is 0 Å². The summed E-state index contributed by atoms with van der Waals surface area (Å²) in [7, 11) is 0. The molecular weight excluding hydrogens is 334 g/mol. The molecular formula is C18H25N5O3. The average molecular weight is 359 g/mol. The number of hydrogen-bond donors (Lipinski definition) is 0. The van der Waals surface area contributed by atoms with E-state index in [1.165, 1.54) is 0 Å². The molecule has 3 rings (SSSR count). The van der Waals surface area contributed by atoms with Gasteiger partial charge < -0.3 is 14.1 Å². The van der Waals surface area contributed by atoms with Crippen LogP contribution in [0.5, 0.6) is 0 Å². The molecule has 1 atom stereocenters. The molecule has 26 heavy (non-hydrogen) atoms. The van der Waals surface area contributed by atoms with Crippen LogP contribution in [0.15, 0.2) is 10.5 Å². The van der Waals surface area contributed by atoms with Gasteiger partial charge in [-0.25, -0.2) is 9.97 Å². The first-order valence-electron chi connectivity index (χ1n) is 8.96. The standard InChI is InChI=1S/C18H25N5O3/c1-11(2)18-22-21-16(26-18)5-6-17(24)23-7-8-25-15(10-23)14-9-12(3)19-13(4)20-14/h9,11,15H,5-8,10H2,1-4H3. The maximum absolute atomic E-state index is 12.6. The van der Waals surface area contributed by atoms with E-state index in [1.54, 1.807) is 0 Å². The van der Waals surface area contributed by atoms with Crippen molar-refractivity contribution in [2.75, 3.05) is 19.7 Å². The zero-order valence-corrected chi connectivity index (χ0v) is 15.7. The topological polar surface area (TPSA) is 94.2 Å². The Labute approximate surface area is 153 Å². The number of aryl methyl sites for hydroxylation is 3. The minimum absolute atomic E-state index is 0.0603. The third-order valence-corrected chi connectivity index (χ3v) is 4.26. The number of aromatic nitrogens is 4. The first-order chi connectivity index (χ1) is 12.4. The molecule has 0 saturated carbocycles. The van der Waals surface area contributed by atoms with Crippen LogP contribution < -0.4 is 0 Å². The maximum Gasteiger partial charge on any atom is 0.223 e. The number of carbonyl (C=O) groups excluding carboxylic acids is 1. The van der Waals surface area contributed by atoms with E-state index in [-0.39, 0.29) is 17.9 Å². The Bertz CT molecular complexity index is 754. The second kappa shape index (κ2) is 7.90. The number of ether oxygens (including phenoxy) is 1. The van der Waals surface area contributed by atoms with Gasteiger partial charge in [0.1, 0.15) is 11.9 Å². The minimum Gasteiger partial charge on any atom is -0.425 e. The summed E-state index contributed by atoms with van der Waals surface area (Å²) < 4.78 is 11.4. The molecule has 0 spiro atoms. The highest BCUT2D eigenvalue weighted by atomic mass is 16.5. The zero-order chi connectivity index (χ0) is 18.7. The molecule has 1 unspecified atom stereocenters. The van der Waals surface area contributed by atoms with E-state index in [9.17, 15) is 4.79 Å². The van der Waals surface area contributed by atoms with Gasteiger partial charge in [-0.1, -0.05) is 13.8 Å². The first kappa shape index (κ1) is 18.4. The van der Waals surface area contributed by atoms with Gasteiger partial charge in [0.25, 0.3) is 0 Å². The fraction of sp³-hybridized carbons (Fsp3) is 0.611. The molecule has 8 heteroatoms. The second-order valence-corrected chi connectivity index (χ2v) is 6.87. The summed E-state index contributed by atoms with van der Waals surface area (Å²) in [5.74, 6) is 2.07. The highest BCUT2D eigenvalue weighted by Gasteiger charge is 2.27. The van der Waals surface area contributed by atoms with Crippen LogP contribution in [0.1, 0.15) is 61.3 Å². The summed E-state index contributed by atoms with van der Waals surface area (Å²) in [6.07, 6.45) is 0.574. The van der Waals surface area contributed by atoms with Gasteiger partial charge in [-0.2, -0.15) is 0 Å². The maximum atomic E-state index is 12.6. The van der Waals surface area contributed by atoms with Gasteiger partial charge in [0, 0.05) is 31.0 Å². The molecule has 0 bridgehead atoms. The van der Waals surface area contributed by atoms with E-state index in [2.05, 4.69) is 20.2 Å². The summed E-state index contributed by atoms with van der Waals surface area (Å²) in [6.45, 7) is 9.35. The van der Waals surface area contributed by atoms with Crippen LogP contribution >= 0.6 is 0 Å². The average Bonchev–Trinajstić information content (AvgIpc) is 3.08. The molecule has 1 saturated heterocycles. The monoisotopic (exact) mass is 359 g/mol. The third kappa shape index (κ3) is 4.43. The highest BCUT2D eigenvalue weighted by molar-refractivity contribution is 5.76. The molecule has 140 valence electrons. The van der Waals surface area contributed by atoms with E-state index >= 15 is 0 Å². The zero-order valence-electron chi connectivity index (χ0n) is 15.7. The van der Waals surface area contributed by atoms with Gasteiger partial charge in [0.05, 0.1) is 18.8 Å². The molecule has 1 aliphatic rings. The molecule has 2 aromatic heterocycles. The molecule has 0 radical (unpaired) electrons. The Balaban J connectivity index is 1.58. The SMILES string of the molecule is Cc1cc(C2CN(C(=O)CCc3nnc(C(C)C)o3)CCO2)nc(C)n1. The normalized spacial score (nSPS) is 17.7. The van der Waals surface area contributed by atoms with Crippen LogP contribution in [-0.2, 0) is 16.0 Å². The summed E-state index contributed by atoms with van der Waals surface area (Å²) in [6, 6.07) is 1.91. The van der Waals surface area contributed by atoms with E-state index in [0.717, 1.165) is 11.4 Å². The van der Waals surface area contributed by atoms with Crippen molar-refractivity contribution in [3.05, 3.63) is 35.1 Å². The van der Waals surface area contributed by atoms with E-state index in [4.69, 9.17) is 9.15 Å². The summed E-state index contributed by atoms with van der Waals surface area (Å²) in [4.78, 5) is 23.1. The summed E-state index contributed by atoms with van der Waals surface area (Å²) >= 11 is 0. The molecule has 1 fully saturated rings. The van der Waals surface area contributed by atoms with Crippen molar-refractivity contribution in [2.45, 2.75) is 52.6 Å². The summed E-state index contributed by atoms with van der Waals surface area (Å²) in [5, 5.41) is 8.01. The number of nitrogens with zero attached hydrogens (tertiary/aromatic N) is 5. The molecule has 0 aromatic carbocycles. The molecule has 0 N–H and O–H groups in total. The first-order valence-corrected chi connectivity index (χ1v) is 8.96. The van der Waals surface area contributed by atoms with Gasteiger partial charge >= 0.3 is 0 Å². The van der Waals surface area contributed by atoms with Crippen LogP contribution in [0.2, 0.25) is 0 Å². The lowest BCUT2D eigenvalue weighted by Gasteiger charge is -2.32. The van der Waals surface area contributed by atoms with Gasteiger partial charge in [0.15, 0.2) is 0 Å². The fourth-order valence-corrected chi connectivity index (χ4v) is 2.94. The van der Waals surface area contributed by atoms with Gasteiger partial charge in [-0.3, -0.25) is 4.79 Å². The lowest BCUT2D eigenvalue weighted by atomic mass is 10.1. The van der Waals surface area contributed by atoms with E-state index < -0.39 is 0 Å². The third-order valence-electron chi connectivity index (χ3n) is 4.26. The molecule has 3 heterocycles. The predicted octanol–water partition coefficient (Wildman–Crippen LogP) is 2.13. The smallest absolute Gasteiger partial charge is 0.223 e. The van der Waals surface area contributed by atoms with Crippen molar-refractivity contribution in [2.24, 2.45) is 0 Å². The quantitative estimate of drug-likeness (QED) is 0.807.